The molecule has 0 bridgehead atoms. The van der Waals surface area contributed by atoms with Crippen LogP contribution in [0.4, 0.5) is 0 Å². The fraction of sp³-hybridized carbons (Fsp3) is 0. The summed E-state index contributed by atoms with van der Waals surface area (Å²) in [5, 5.41) is 18.5. The van der Waals surface area contributed by atoms with Gasteiger partial charge in [-0.3, -0.25) is 0 Å². The fourth-order valence-corrected chi connectivity index (χ4v) is 5.16. The highest BCUT2D eigenvalue weighted by atomic mass is 31.1. The van der Waals surface area contributed by atoms with E-state index in [4.69, 9.17) is 0 Å². The molecule has 0 saturated carbocycles. The SMILES string of the molecule is c1ccc(P(c2ccccc2)c2ccccc2-c2nn[nH]n2)cc1. The molecule has 5 heteroatoms. The summed E-state index contributed by atoms with van der Waals surface area (Å²) in [6, 6.07) is 29.5. The Morgan fingerprint density at radius 2 is 1.25 bits per heavy atom. The van der Waals surface area contributed by atoms with Crippen LogP contribution < -0.4 is 15.9 Å². The smallest absolute Gasteiger partial charge is 0.177 e. The molecule has 3 aromatic carbocycles. The van der Waals surface area contributed by atoms with Crippen molar-refractivity contribution in [1.82, 2.24) is 20.6 Å². The molecule has 1 heterocycles. The number of H-pyrrole nitrogens is 1. The zero-order valence-corrected chi connectivity index (χ0v) is 13.8. The van der Waals surface area contributed by atoms with Gasteiger partial charge in [0, 0.05) is 5.56 Å². The Kier molecular flexibility index (Phi) is 4.13. The van der Waals surface area contributed by atoms with Crippen molar-refractivity contribution in [2.75, 3.05) is 0 Å². The maximum Gasteiger partial charge on any atom is 0.205 e. The minimum atomic E-state index is -0.693. The third-order valence-electron chi connectivity index (χ3n) is 3.76. The van der Waals surface area contributed by atoms with Crippen molar-refractivity contribution in [3.05, 3.63) is 84.9 Å². The molecule has 0 atom stereocenters. The highest BCUT2D eigenvalue weighted by Crippen LogP contribution is 2.35. The number of hydrogen-bond acceptors (Lipinski definition) is 3. The van der Waals surface area contributed by atoms with E-state index < -0.39 is 7.92 Å². The second-order valence-electron chi connectivity index (χ2n) is 5.26. The van der Waals surface area contributed by atoms with Crippen LogP contribution in [-0.4, -0.2) is 20.6 Å². The average Bonchev–Trinajstić information content (AvgIpc) is 3.19. The molecule has 0 saturated heterocycles. The minimum Gasteiger partial charge on any atom is -0.177 e. The molecule has 0 fully saturated rings. The quantitative estimate of drug-likeness (QED) is 0.585. The Hall–Kier alpha value is -2.84. The zero-order chi connectivity index (χ0) is 16.2. The highest BCUT2D eigenvalue weighted by Gasteiger charge is 2.21. The molecule has 4 nitrogen and oxygen atoms in total. The maximum atomic E-state index is 4.18. The lowest BCUT2D eigenvalue weighted by molar-refractivity contribution is 0.881. The zero-order valence-electron chi connectivity index (χ0n) is 12.9. The van der Waals surface area contributed by atoms with E-state index in [0.717, 1.165) is 5.56 Å². The summed E-state index contributed by atoms with van der Waals surface area (Å²) in [6.45, 7) is 0. The Balaban J connectivity index is 1.93. The van der Waals surface area contributed by atoms with Crippen molar-refractivity contribution >= 4 is 23.8 Å². The Bertz CT molecular complexity index is 869. The van der Waals surface area contributed by atoms with E-state index in [2.05, 4.69) is 87.4 Å². The number of nitrogens with one attached hydrogen (secondary N) is 1. The molecular formula is C19H15N4P. The summed E-state index contributed by atoms with van der Waals surface area (Å²) in [7, 11) is -0.693. The molecule has 1 N–H and O–H groups in total. The van der Waals surface area contributed by atoms with Gasteiger partial charge in [-0.2, -0.15) is 5.21 Å². The van der Waals surface area contributed by atoms with Crippen molar-refractivity contribution in [3.8, 4) is 11.4 Å². The number of aromatic amines is 1. The standard InChI is InChI=1S/C19H15N4P/c1-3-9-15(10-4-1)24(16-11-5-2-6-12-16)18-14-8-7-13-17(18)19-20-22-23-21-19/h1-14H,(H,20,21,22,23). The van der Waals surface area contributed by atoms with E-state index in [1.807, 2.05) is 18.2 Å². The van der Waals surface area contributed by atoms with Crippen molar-refractivity contribution in [3.63, 3.8) is 0 Å². The van der Waals surface area contributed by atoms with Gasteiger partial charge in [0.1, 0.15) is 0 Å². The van der Waals surface area contributed by atoms with Crippen molar-refractivity contribution in [1.29, 1.82) is 0 Å². The monoisotopic (exact) mass is 330 g/mol. The third kappa shape index (κ3) is 2.84. The Morgan fingerprint density at radius 1 is 0.667 bits per heavy atom. The molecule has 116 valence electrons. The van der Waals surface area contributed by atoms with Gasteiger partial charge in [-0.25, -0.2) is 0 Å². The number of rotatable bonds is 4. The summed E-state index contributed by atoms with van der Waals surface area (Å²) in [6.07, 6.45) is 0. The van der Waals surface area contributed by atoms with E-state index in [0.29, 0.717) is 5.82 Å². The molecule has 0 amide bonds. The van der Waals surface area contributed by atoms with E-state index in [9.17, 15) is 0 Å². The molecule has 1 aromatic heterocycles. The van der Waals surface area contributed by atoms with Crippen LogP contribution in [0.1, 0.15) is 0 Å². The Labute approximate surface area is 141 Å². The number of hydrogen-bond donors (Lipinski definition) is 1. The topological polar surface area (TPSA) is 54.5 Å². The first kappa shape index (κ1) is 14.7. The highest BCUT2D eigenvalue weighted by molar-refractivity contribution is 7.80. The summed E-state index contributed by atoms with van der Waals surface area (Å²) in [5.41, 5.74) is 1.02. The normalized spacial score (nSPS) is 10.9. The average molecular weight is 330 g/mol. The van der Waals surface area contributed by atoms with Crippen LogP contribution in [0.2, 0.25) is 0 Å². The lowest BCUT2D eigenvalue weighted by atomic mass is 10.2. The van der Waals surface area contributed by atoms with Gasteiger partial charge in [-0.1, -0.05) is 84.9 Å². The van der Waals surface area contributed by atoms with Crippen LogP contribution in [0.5, 0.6) is 0 Å². The van der Waals surface area contributed by atoms with E-state index in [-0.39, 0.29) is 0 Å². The Morgan fingerprint density at radius 3 is 1.83 bits per heavy atom. The van der Waals surface area contributed by atoms with Crippen LogP contribution in [0.3, 0.4) is 0 Å². The molecule has 0 aliphatic rings. The molecule has 0 unspecified atom stereocenters. The predicted octanol–water partition coefficient (Wildman–Crippen LogP) is 2.62. The van der Waals surface area contributed by atoms with E-state index in [1.54, 1.807) is 0 Å². The summed E-state index contributed by atoms with van der Waals surface area (Å²) in [4.78, 5) is 0. The number of benzene rings is 3. The molecule has 4 aromatic rings. The summed E-state index contributed by atoms with van der Waals surface area (Å²) < 4.78 is 0. The van der Waals surface area contributed by atoms with Crippen molar-refractivity contribution in [2.24, 2.45) is 0 Å². The first-order valence-corrected chi connectivity index (χ1v) is 9.01. The summed E-state index contributed by atoms with van der Waals surface area (Å²) in [5.74, 6) is 0.630. The third-order valence-corrected chi connectivity index (χ3v) is 6.26. The number of nitrogens with zero attached hydrogens (tertiary/aromatic N) is 3. The van der Waals surface area contributed by atoms with Crippen molar-refractivity contribution in [2.45, 2.75) is 0 Å². The van der Waals surface area contributed by atoms with Crippen LogP contribution in [0.25, 0.3) is 11.4 Å². The van der Waals surface area contributed by atoms with E-state index >= 15 is 0 Å². The molecule has 0 spiro atoms. The first-order valence-electron chi connectivity index (χ1n) is 7.66. The van der Waals surface area contributed by atoms with Gasteiger partial charge >= 0.3 is 0 Å². The van der Waals surface area contributed by atoms with Crippen LogP contribution in [-0.2, 0) is 0 Å². The van der Waals surface area contributed by atoms with Crippen LogP contribution in [0.15, 0.2) is 84.9 Å². The number of tetrazole rings is 1. The van der Waals surface area contributed by atoms with Gasteiger partial charge < -0.3 is 0 Å². The first-order chi connectivity index (χ1) is 11.9. The van der Waals surface area contributed by atoms with Gasteiger partial charge in [0.25, 0.3) is 0 Å². The van der Waals surface area contributed by atoms with E-state index in [1.165, 1.54) is 15.9 Å². The van der Waals surface area contributed by atoms with Gasteiger partial charge in [0.05, 0.1) is 0 Å². The van der Waals surface area contributed by atoms with Gasteiger partial charge in [0.2, 0.25) is 5.82 Å². The molecule has 4 rings (SSSR count). The predicted molar refractivity (Wildman–Crippen MR) is 98.3 cm³/mol. The molecule has 0 radical (unpaired) electrons. The number of aromatic nitrogens is 4. The van der Waals surface area contributed by atoms with Gasteiger partial charge in [-0.05, 0) is 29.0 Å². The fourth-order valence-electron chi connectivity index (χ4n) is 2.71. The largest absolute Gasteiger partial charge is 0.205 e. The molecule has 0 aliphatic carbocycles. The van der Waals surface area contributed by atoms with Crippen LogP contribution >= 0.6 is 7.92 Å². The molecule has 0 aliphatic heterocycles. The van der Waals surface area contributed by atoms with Crippen molar-refractivity contribution < 1.29 is 0 Å². The minimum absolute atomic E-state index is 0.630. The lowest BCUT2D eigenvalue weighted by Crippen LogP contribution is -2.22. The molecular weight excluding hydrogens is 315 g/mol. The molecule has 24 heavy (non-hydrogen) atoms. The van der Waals surface area contributed by atoms with Crippen LogP contribution in [0, 0.1) is 0 Å². The second-order valence-corrected chi connectivity index (χ2v) is 7.44. The summed E-state index contributed by atoms with van der Waals surface area (Å²) >= 11 is 0. The second kappa shape index (κ2) is 6.73. The lowest BCUT2D eigenvalue weighted by Gasteiger charge is -2.21. The van der Waals surface area contributed by atoms with Gasteiger partial charge in [0.15, 0.2) is 0 Å². The van der Waals surface area contributed by atoms with Gasteiger partial charge in [-0.15, -0.1) is 10.2 Å². The maximum absolute atomic E-state index is 4.18.